The van der Waals surface area contributed by atoms with Gasteiger partial charge in [0.15, 0.2) is 12.4 Å². The van der Waals surface area contributed by atoms with Crippen LogP contribution in [0.1, 0.15) is 11.6 Å². The summed E-state index contributed by atoms with van der Waals surface area (Å²) in [7, 11) is -1.44. The van der Waals surface area contributed by atoms with Crippen LogP contribution in [0, 0.1) is 5.82 Å². The molecule has 0 saturated heterocycles. The predicted molar refractivity (Wildman–Crippen MR) is 81.1 cm³/mol. The van der Waals surface area contributed by atoms with Crippen molar-refractivity contribution in [2.24, 2.45) is 0 Å². The van der Waals surface area contributed by atoms with E-state index in [2.05, 4.69) is 0 Å². The number of benzene rings is 1. The van der Waals surface area contributed by atoms with Gasteiger partial charge in [0.2, 0.25) is 0 Å². The minimum Gasteiger partial charge on any atom is -0.482 e. The van der Waals surface area contributed by atoms with Crippen molar-refractivity contribution in [2.45, 2.75) is 5.85 Å². The summed E-state index contributed by atoms with van der Waals surface area (Å²) in [4.78, 5) is 12.0. The second kappa shape index (κ2) is 8.10. The lowest BCUT2D eigenvalue weighted by molar-refractivity contribution is -0.149. The van der Waals surface area contributed by atoms with Crippen molar-refractivity contribution < 1.29 is 36.7 Å². The monoisotopic (exact) mass is 358 g/mol. The fourth-order valence-electron chi connectivity index (χ4n) is 1.81. The number of ether oxygens (including phenoxy) is 2. The summed E-state index contributed by atoms with van der Waals surface area (Å²) in [5, 5.41) is 0. The summed E-state index contributed by atoms with van der Waals surface area (Å²) >= 11 is 0. The second-order valence-electron chi connectivity index (χ2n) is 4.51. The predicted octanol–water partition coefficient (Wildman–Crippen LogP) is 3.53. The van der Waals surface area contributed by atoms with Crippen molar-refractivity contribution in [3.63, 3.8) is 0 Å². The third-order valence-corrected chi connectivity index (χ3v) is 4.95. The number of esters is 1. The smallest absolute Gasteiger partial charge is 0.378 e. The number of carbonyl (C=O) groups is 1. The molecule has 0 radical (unpaired) electrons. The van der Waals surface area contributed by atoms with Gasteiger partial charge in [0.05, 0.1) is 6.26 Å². The number of hydrogen-bond donors (Lipinski definition) is 0. The average Bonchev–Trinajstić information content (AvgIpc) is 3.12. The molecule has 130 valence electrons. The van der Waals surface area contributed by atoms with Gasteiger partial charge in [-0.1, -0.05) is 0 Å². The van der Waals surface area contributed by atoms with Crippen LogP contribution >= 0.6 is 7.60 Å². The maximum Gasteiger partial charge on any atom is 0.378 e. The summed E-state index contributed by atoms with van der Waals surface area (Å²) < 4.78 is 50.5. The van der Waals surface area contributed by atoms with Gasteiger partial charge in [0.25, 0.3) is 5.85 Å². The largest absolute Gasteiger partial charge is 0.482 e. The van der Waals surface area contributed by atoms with E-state index >= 15 is 0 Å². The topological polar surface area (TPSA) is 84.2 Å². The highest BCUT2D eigenvalue weighted by molar-refractivity contribution is 7.54. The molecule has 7 nitrogen and oxygen atoms in total. The van der Waals surface area contributed by atoms with Crippen molar-refractivity contribution in [3.8, 4) is 5.75 Å². The Kier molecular flexibility index (Phi) is 6.14. The van der Waals surface area contributed by atoms with Crippen LogP contribution in [0.3, 0.4) is 0 Å². The van der Waals surface area contributed by atoms with Crippen molar-refractivity contribution in [3.05, 3.63) is 54.2 Å². The third kappa shape index (κ3) is 4.44. The molecule has 0 spiro atoms. The third-order valence-electron chi connectivity index (χ3n) is 3.00. The van der Waals surface area contributed by atoms with Crippen LogP contribution in [-0.2, 0) is 23.1 Å². The molecular weight excluding hydrogens is 342 g/mol. The zero-order valence-corrected chi connectivity index (χ0v) is 13.9. The zero-order valence-electron chi connectivity index (χ0n) is 13.0. The summed E-state index contributed by atoms with van der Waals surface area (Å²) in [6, 6.07) is 8.13. The van der Waals surface area contributed by atoms with Gasteiger partial charge in [-0.05, 0) is 36.4 Å². The van der Waals surface area contributed by atoms with Crippen LogP contribution in [0.25, 0.3) is 0 Å². The van der Waals surface area contributed by atoms with E-state index in [0.29, 0.717) is 0 Å². The Bertz CT molecular complexity index is 691. The van der Waals surface area contributed by atoms with Crippen LogP contribution < -0.4 is 4.74 Å². The van der Waals surface area contributed by atoms with Gasteiger partial charge in [0, 0.05) is 14.2 Å². The molecule has 2 aromatic rings. The molecule has 0 saturated carbocycles. The Balaban J connectivity index is 2.05. The van der Waals surface area contributed by atoms with Gasteiger partial charge in [-0.25, -0.2) is 9.18 Å². The summed E-state index contributed by atoms with van der Waals surface area (Å²) in [6.45, 7) is -0.476. The van der Waals surface area contributed by atoms with E-state index in [0.717, 1.165) is 0 Å². The first-order valence-electron chi connectivity index (χ1n) is 6.81. The minimum atomic E-state index is -3.78. The number of furan rings is 1. The van der Waals surface area contributed by atoms with Gasteiger partial charge in [-0.15, -0.1) is 0 Å². The molecule has 0 N–H and O–H groups in total. The van der Waals surface area contributed by atoms with E-state index in [1.807, 2.05) is 0 Å². The summed E-state index contributed by atoms with van der Waals surface area (Å²) in [5.41, 5.74) is 0. The molecule has 1 aromatic heterocycles. The highest BCUT2D eigenvalue weighted by Crippen LogP contribution is 2.60. The number of hydrogen-bond acceptors (Lipinski definition) is 7. The zero-order chi connectivity index (χ0) is 17.6. The standard InChI is InChI=1S/C15H16FO7P/c1-19-24(18,20-2)15(13-4-3-9-21-13)23-14(17)10-22-12-7-5-11(16)6-8-12/h3-9,15H,10H2,1-2H3. The van der Waals surface area contributed by atoms with Crippen molar-refractivity contribution >= 4 is 13.6 Å². The molecule has 1 atom stereocenters. The number of rotatable bonds is 8. The minimum absolute atomic E-state index is 0.108. The van der Waals surface area contributed by atoms with Gasteiger partial charge < -0.3 is 22.9 Å². The summed E-state index contributed by atoms with van der Waals surface area (Å²) in [5.74, 6) is -2.23. The van der Waals surface area contributed by atoms with Gasteiger partial charge in [-0.3, -0.25) is 4.57 Å². The molecule has 0 bridgehead atoms. The van der Waals surface area contributed by atoms with Gasteiger partial charge in [0.1, 0.15) is 11.6 Å². The van der Waals surface area contributed by atoms with Crippen molar-refractivity contribution in [1.29, 1.82) is 0 Å². The van der Waals surface area contributed by atoms with E-state index in [4.69, 9.17) is 22.9 Å². The lowest BCUT2D eigenvalue weighted by Crippen LogP contribution is -2.19. The van der Waals surface area contributed by atoms with Crippen LogP contribution in [0.5, 0.6) is 5.75 Å². The fraction of sp³-hybridized carbons (Fsp3) is 0.267. The SMILES string of the molecule is COP(=O)(OC)C(OC(=O)COc1ccc(F)cc1)c1ccco1. The average molecular weight is 358 g/mol. The normalized spacial score (nSPS) is 12.6. The van der Waals surface area contributed by atoms with E-state index < -0.39 is 31.8 Å². The molecule has 24 heavy (non-hydrogen) atoms. The molecule has 1 heterocycles. The molecule has 2 rings (SSSR count). The highest BCUT2D eigenvalue weighted by Gasteiger charge is 2.41. The molecule has 0 fully saturated rings. The van der Waals surface area contributed by atoms with E-state index in [1.54, 1.807) is 6.07 Å². The molecular formula is C15H16FO7P. The molecule has 0 amide bonds. The van der Waals surface area contributed by atoms with Crippen LogP contribution in [0.4, 0.5) is 4.39 Å². The maximum absolute atomic E-state index is 12.8. The van der Waals surface area contributed by atoms with Crippen LogP contribution in [-0.4, -0.2) is 26.8 Å². The quantitative estimate of drug-likeness (QED) is 0.527. The Morgan fingerprint density at radius 3 is 2.42 bits per heavy atom. The highest BCUT2D eigenvalue weighted by atomic mass is 31.2. The van der Waals surface area contributed by atoms with E-state index in [1.165, 1.54) is 50.8 Å². The van der Waals surface area contributed by atoms with Crippen LogP contribution in [0.15, 0.2) is 47.1 Å². The molecule has 9 heteroatoms. The molecule has 1 aromatic carbocycles. The Morgan fingerprint density at radius 1 is 1.21 bits per heavy atom. The fourth-order valence-corrected chi connectivity index (χ4v) is 3.05. The number of carbonyl (C=O) groups excluding carboxylic acids is 1. The molecule has 0 aliphatic carbocycles. The van der Waals surface area contributed by atoms with Gasteiger partial charge >= 0.3 is 13.6 Å². The number of halogens is 1. The van der Waals surface area contributed by atoms with E-state index in [9.17, 15) is 13.8 Å². The first-order valence-corrected chi connectivity index (χ1v) is 8.42. The Morgan fingerprint density at radius 2 is 1.88 bits per heavy atom. The van der Waals surface area contributed by atoms with E-state index in [-0.39, 0.29) is 11.5 Å². The van der Waals surface area contributed by atoms with Gasteiger partial charge in [-0.2, -0.15) is 0 Å². The molecule has 0 aliphatic rings. The first-order chi connectivity index (χ1) is 11.5. The van der Waals surface area contributed by atoms with Crippen molar-refractivity contribution in [2.75, 3.05) is 20.8 Å². The lowest BCUT2D eigenvalue weighted by Gasteiger charge is -2.22. The van der Waals surface area contributed by atoms with Crippen molar-refractivity contribution in [1.82, 2.24) is 0 Å². The summed E-state index contributed by atoms with van der Waals surface area (Å²) in [6.07, 6.45) is 1.33. The first kappa shape index (κ1) is 18.2. The maximum atomic E-state index is 12.8. The Labute approximate surface area is 137 Å². The second-order valence-corrected chi connectivity index (χ2v) is 6.78. The molecule has 1 unspecified atom stereocenters. The lowest BCUT2D eigenvalue weighted by atomic mass is 10.3. The van der Waals surface area contributed by atoms with Crippen LogP contribution in [0.2, 0.25) is 0 Å². The molecule has 0 aliphatic heterocycles. The Hall–Kier alpha value is -2.15.